The van der Waals surface area contributed by atoms with Crippen LogP contribution in [-0.2, 0) is 4.74 Å². The number of ether oxygens (including phenoxy) is 1. The van der Waals surface area contributed by atoms with E-state index < -0.39 is 5.91 Å². The zero-order chi connectivity index (χ0) is 13.2. The first kappa shape index (κ1) is 12.7. The number of nitrogen functional groups attached to an aromatic ring is 1. The Morgan fingerprint density at radius 1 is 1.56 bits per heavy atom. The van der Waals surface area contributed by atoms with Crippen molar-refractivity contribution in [2.45, 2.75) is 25.4 Å². The van der Waals surface area contributed by atoms with Gasteiger partial charge in [0, 0.05) is 18.7 Å². The summed E-state index contributed by atoms with van der Waals surface area (Å²) in [5.74, 6) is -0.473. The highest BCUT2D eigenvalue weighted by Gasteiger charge is 2.29. The molecule has 1 heterocycles. The van der Waals surface area contributed by atoms with E-state index in [2.05, 4.69) is 12.2 Å². The molecule has 1 aromatic carbocycles. The summed E-state index contributed by atoms with van der Waals surface area (Å²) in [5, 5.41) is 3.26. The minimum Gasteiger partial charge on any atom is -0.397 e. The molecule has 0 bridgehead atoms. The largest absolute Gasteiger partial charge is 0.397 e. The summed E-state index contributed by atoms with van der Waals surface area (Å²) in [4.78, 5) is 11.0. The van der Waals surface area contributed by atoms with E-state index in [1.165, 1.54) is 0 Å². The van der Waals surface area contributed by atoms with Crippen LogP contribution >= 0.6 is 0 Å². The van der Waals surface area contributed by atoms with E-state index in [4.69, 9.17) is 16.2 Å². The summed E-state index contributed by atoms with van der Waals surface area (Å²) >= 11 is 0. The van der Waals surface area contributed by atoms with Gasteiger partial charge in [0.1, 0.15) is 0 Å². The molecule has 1 unspecified atom stereocenters. The number of nitrogens with one attached hydrogen (secondary N) is 1. The fraction of sp³-hybridized carbons (Fsp3) is 0.462. The van der Waals surface area contributed by atoms with E-state index in [9.17, 15) is 4.79 Å². The fourth-order valence-electron chi connectivity index (χ4n) is 2.14. The van der Waals surface area contributed by atoms with Gasteiger partial charge in [-0.3, -0.25) is 4.79 Å². The third-order valence-corrected chi connectivity index (χ3v) is 3.29. The van der Waals surface area contributed by atoms with E-state index >= 15 is 0 Å². The van der Waals surface area contributed by atoms with Crippen LogP contribution in [0.25, 0.3) is 0 Å². The number of rotatable bonds is 4. The molecule has 1 fully saturated rings. The second kappa shape index (κ2) is 4.86. The third kappa shape index (κ3) is 2.73. The van der Waals surface area contributed by atoms with E-state index in [1.54, 1.807) is 18.2 Å². The Balaban J connectivity index is 2.03. The predicted molar refractivity (Wildman–Crippen MR) is 71.5 cm³/mol. The summed E-state index contributed by atoms with van der Waals surface area (Å²) in [6, 6.07) is 5.02. The maximum atomic E-state index is 11.0. The molecule has 2 rings (SSSR count). The van der Waals surface area contributed by atoms with Crippen LogP contribution < -0.4 is 16.8 Å². The van der Waals surface area contributed by atoms with Gasteiger partial charge in [-0.25, -0.2) is 0 Å². The zero-order valence-electron chi connectivity index (χ0n) is 10.5. The fourth-order valence-corrected chi connectivity index (χ4v) is 2.14. The van der Waals surface area contributed by atoms with Gasteiger partial charge in [0.15, 0.2) is 0 Å². The first-order valence-corrected chi connectivity index (χ1v) is 6.07. The number of anilines is 2. The molecule has 1 atom stereocenters. The summed E-state index contributed by atoms with van der Waals surface area (Å²) in [6.45, 7) is 3.60. The quantitative estimate of drug-likeness (QED) is 0.702. The van der Waals surface area contributed by atoms with Crippen LogP contribution in [0.4, 0.5) is 11.4 Å². The molecule has 0 aliphatic carbocycles. The lowest BCUT2D eigenvalue weighted by Crippen LogP contribution is -2.32. The number of hydrogen-bond acceptors (Lipinski definition) is 4. The van der Waals surface area contributed by atoms with Crippen molar-refractivity contribution in [1.29, 1.82) is 0 Å². The Kier molecular flexibility index (Phi) is 3.43. The van der Waals surface area contributed by atoms with Gasteiger partial charge in [-0.05, 0) is 38.0 Å². The van der Waals surface area contributed by atoms with Crippen LogP contribution in [0.5, 0.6) is 0 Å². The number of amides is 1. The Morgan fingerprint density at radius 2 is 2.33 bits per heavy atom. The lowest BCUT2D eigenvalue weighted by molar-refractivity contribution is 0.0315. The first-order chi connectivity index (χ1) is 8.50. The molecule has 98 valence electrons. The summed E-state index contributed by atoms with van der Waals surface area (Å²) in [5.41, 5.74) is 12.7. The van der Waals surface area contributed by atoms with E-state index in [0.717, 1.165) is 25.1 Å². The molecule has 5 heteroatoms. The Labute approximate surface area is 106 Å². The number of carbonyl (C=O) groups is 1. The van der Waals surface area contributed by atoms with Crippen molar-refractivity contribution in [3.8, 4) is 0 Å². The van der Waals surface area contributed by atoms with E-state index in [1.807, 2.05) is 0 Å². The number of benzene rings is 1. The number of nitrogens with two attached hydrogens (primary N) is 2. The first-order valence-electron chi connectivity index (χ1n) is 6.07. The highest BCUT2D eigenvalue weighted by molar-refractivity contribution is 5.94. The maximum absolute atomic E-state index is 11.0. The van der Waals surface area contributed by atoms with Crippen molar-refractivity contribution in [2.75, 3.05) is 24.2 Å². The van der Waals surface area contributed by atoms with E-state index in [0.29, 0.717) is 17.8 Å². The average molecular weight is 249 g/mol. The van der Waals surface area contributed by atoms with Gasteiger partial charge in [0.2, 0.25) is 5.91 Å². The molecular weight excluding hydrogens is 230 g/mol. The second-order valence-corrected chi connectivity index (χ2v) is 4.92. The van der Waals surface area contributed by atoms with Gasteiger partial charge in [-0.1, -0.05) is 0 Å². The molecule has 18 heavy (non-hydrogen) atoms. The van der Waals surface area contributed by atoms with Crippen LogP contribution in [0.15, 0.2) is 18.2 Å². The van der Waals surface area contributed by atoms with Crippen LogP contribution in [0.3, 0.4) is 0 Å². The standard InChI is InChI=1S/C13H19N3O2/c1-13(5-2-6-18-13)8-16-11-4-3-9(12(15)17)7-10(11)14/h3-4,7,16H,2,5-6,8,14H2,1H3,(H2,15,17). The predicted octanol–water partition coefficient (Wildman–Crippen LogP) is 1.35. The highest BCUT2D eigenvalue weighted by atomic mass is 16.5. The van der Waals surface area contributed by atoms with Gasteiger partial charge in [0.05, 0.1) is 17.0 Å². The zero-order valence-corrected chi connectivity index (χ0v) is 10.5. The Hall–Kier alpha value is -1.75. The molecule has 0 aromatic heterocycles. The van der Waals surface area contributed by atoms with Gasteiger partial charge >= 0.3 is 0 Å². The summed E-state index contributed by atoms with van der Waals surface area (Å²) in [7, 11) is 0. The summed E-state index contributed by atoms with van der Waals surface area (Å²) in [6.07, 6.45) is 2.13. The van der Waals surface area contributed by atoms with E-state index in [-0.39, 0.29) is 5.60 Å². The molecule has 1 saturated heterocycles. The molecule has 0 spiro atoms. The Bertz CT molecular complexity index is 454. The molecule has 0 saturated carbocycles. The van der Waals surface area contributed by atoms with Crippen molar-refractivity contribution in [3.63, 3.8) is 0 Å². The van der Waals surface area contributed by atoms with Crippen LogP contribution in [0, 0.1) is 0 Å². The Morgan fingerprint density at radius 3 is 2.89 bits per heavy atom. The second-order valence-electron chi connectivity index (χ2n) is 4.92. The molecular formula is C13H19N3O2. The lowest BCUT2D eigenvalue weighted by atomic mass is 10.0. The van der Waals surface area contributed by atoms with Crippen molar-refractivity contribution < 1.29 is 9.53 Å². The normalized spacial score (nSPS) is 22.9. The molecule has 5 N–H and O–H groups in total. The van der Waals surface area contributed by atoms with Crippen LogP contribution in [0.1, 0.15) is 30.1 Å². The lowest BCUT2D eigenvalue weighted by Gasteiger charge is -2.24. The maximum Gasteiger partial charge on any atom is 0.248 e. The average Bonchev–Trinajstić information content (AvgIpc) is 2.75. The number of hydrogen-bond donors (Lipinski definition) is 3. The van der Waals surface area contributed by atoms with Crippen LogP contribution in [-0.4, -0.2) is 24.7 Å². The molecule has 1 aromatic rings. The van der Waals surface area contributed by atoms with Gasteiger partial charge < -0.3 is 21.5 Å². The minimum absolute atomic E-state index is 0.130. The van der Waals surface area contributed by atoms with Gasteiger partial charge in [-0.2, -0.15) is 0 Å². The molecule has 5 nitrogen and oxygen atoms in total. The molecule has 1 amide bonds. The van der Waals surface area contributed by atoms with Crippen molar-refractivity contribution >= 4 is 17.3 Å². The monoisotopic (exact) mass is 249 g/mol. The molecule has 1 aliphatic rings. The smallest absolute Gasteiger partial charge is 0.248 e. The molecule has 0 radical (unpaired) electrons. The van der Waals surface area contributed by atoms with Gasteiger partial charge in [-0.15, -0.1) is 0 Å². The van der Waals surface area contributed by atoms with Crippen molar-refractivity contribution in [1.82, 2.24) is 0 Å². The highest BCUT2D eigenvalue weighted by Crippen LogP contribution is 2.27. The number of primary amides is 1. The third-order valence-electron chi connectivity index (χ3n) is 3.29. The number of carbonyl (C=O) groups excluding carboxylic acids is 1. The van der Waals surface area contributed by atoms with Crippen molar-refractivity contribution in [3.05, 3.63) is 23.8 Å². The SMILES string of the molecule is CC1(CNc2ccc(C(N)=O)cc2N)CCCO1. The van der Waals surface area contributed by atoms with Crippen molar-refractivity contribution in [2.24, 2.45) is 5.73 Å². The topological polar surface area (TPSA) is 90.4 Å². The van der Waals surface area contributed by atoms with Crippen LogP contribution in [0.2, 0.25) is 0 Å². The summed E-state index contributed by atoms with van der Waals surface area (Å²) < 4.78 is 5.69. The molecule has 1 aliphatic heterocycles. The van der Waals surface area contributed by atoms with Gasteiger partial charge in [0.25, 0.3) is 0 Å². The minimum atomic E-state index is -0.473.